The Labute approximate surface area is 143 Å². The number of rotatable bonds is 5. The summed E-state index contributed by atoms with van der Waals surface area (Å²) in [5, 5.41) is 6.45. The quantitative estimate of drug-likeness (QED) is 0.793. The van der Waals surface area contributed by atoms with Crippen LogP contribution in [0.1, 0.15) is 13.3 Å². The molecule has 0 radical (unpaired) electrons. The summed E-state index contributed by atoms with van der Waals surface area (Å²) in [5.41, 5.74) is 1.04. The zero-order valence-electron chi connectivity index (χ0n) is 12.2. The van der Waals surface area contributed by atoms with Crippen LogP contribution in [0.5, 0.6) is 0 Å². The second-order valence-electron chi connectivity index (χ2n) is 4.80. The minimum Gasteiger partial charge on any atom is -0.350 e. The molecule has 1 heterocycles. The maximum Gasteiger partial charge on any atom is 0.255 e. The fourth-order valence-electron chi connectivity index (χ4n) is 2.14. The van der Waals surface area contributed by atoms with Crippen LogP contribution in [0, 0.1) is 0 Å². The number of anilines is 2. The zero-order valence-corrected chi connectivity index (χ0v) is 14.6. The number of carbonyl (C=O) groups excluding carboxylic acids is 2. The number of thioether (sulfide) groups is 1. The van der Waals surface area contributed by atoms with Crippen LogP contribution in [0.15, 0.2) is 18.2 Å². The van der Waals surface area contributed by atoms with Crippen LogP contribution in [0.2, 0.25) is 5.02 Å². The first kappa shape index (κ1) is 17.1. The van der Waals surface area contributed by atoms with Gasteiger partial charge in [-0.05, 0) is 48.8 Å². The van der Waals surface area contributed by atoms with Crippen LogP contribution in [0.3, 0.4) is 0 Å². The normalized spacial score (nSPS) is 17.6. The smallest absolute Gasteiger partial charge is 0.255 e. The predicted molar refractivity (Wildman–Crippen MR) is 95.8 cm³/mol. The summed E-state index contributed by atoms with van der Waals surface area (Å²) in [5.74, 6) is 0.554. The number of halogens is 1. The van der Waals surface area contributed by atoms with Gasteiger partial charge in [-0.2, -0.15) is 11.8 Å². The van der Waals surface area contributed by atoms with E-state index in [1.807, 2.05) is 6.26 Å². The Kier molecular flexibility index (Phi) is 5.66. The molecule has 0 saturated carbocycles. The van der Waals surface area contributed by atoms with E-state index in [0.717, 1.165) is 5.75 Å². The Morgan fingerprint density at radius 2 is 2.27 bits per heavy atom. The predicted octanol–water partition coefficient (Wildman–Crippen LogP) is 2.64. The number of benzene rings is 1. The fraction of sp³-hybridized carbons (Fsp3) is 0.357. The molecule has 5 nitrogen and oxygen atoms in total. The fourth-order valence-corrected chi connectivity index (χ4v) is 3.12. The molecule has 0 spiro atoms. The standard InChI is InChI=1S/C14H16ClN3O2S2/c1-8(19)16-12-7-9(3-4-10(12)15)18-13(20)11(5-6-22-2)17-14(18)21/h3-4,7,11H,5-6H2,1-2H3,(H,16,19)(H,17,21)/t11-/m1/s1. The Hall–Kier alpha value is -1.31. The van der Waals surface area contributed by atoms with E-state index in [4.69, 9.17) is 23.8 Å². The molecule has 0 unspecified atom stereocenters. The summed E-state index contributed by atoms with van der Waals surface area (Å²) in [6.45, 7) is 1.40. The Morgan fingerprint density at radius 3 is 2.91 bits per heavy atom. The minimum absolute atomic E-state index is 0.0878. The molecule has 1 fully saturated rings. The van der Waals surface area contributed by atoms with Crippen molar-refractivity contribution in [1.82, 2.24) is 5.32 Å². The van der Waals surface area contributed by atoms with Crippen LogP contribution in [0.4, 0.5) is 11.4 Å². The lowest BCUT2D eigenvalue weighted by Gasteiger charge is -2.17. The van der Waals surface area contributed by atoms with E-state index in [2.05, 4.69) is 10.6 Å². The molecule has 2 amide bonds. The molecule has 1 aliphatic rings. The first-order chi connectivity index (χ1) is 10.4. The average Bonchev–Trinajstić information content (AvgIpc) is 2.73. The van der Waals surface area contributed by atoms with Crippen LogP contribution in [-0.2, 0) is 9.59 Å². The van der Waals surface area contributed by atoms with E-state index >= 15 is 0 Å². The van der Waals surface area contributed by atoms with E-state index < -0.39 is 0 Å². The van der Waals surface area contributed by atoms with Crippen molar-refractivity contribution in [3.63, 3.8) is 0 Å². The van der Waals surface area contributed by atoms with Gasteiger partial charge < -0.3 is 10.6 Å². The van der Waals surface area contributed by atoms with Crippen molar-refractivity contribution in [2.45, 2.75) is 19.4 Å². The number of hydrogen-bond acceptors (Lipinski definition) is 4. The third kappa shape index (κ3) is 3.71. The highest BCUT2D eigenvalue weighted by Gasteiger charge is 2.36. The second kappa shape index (κ2) is 7.30. The van der Waals surface area contributed by atoms with E-state index in [0.29, 0.717) is 27.9 Å². The number of hydrogen-bond donors (Lipinski definition) is 2. The van der Waals surface area contributed by atoms with Crippen molar-refractivity contribution in [2.75, 3.05) is 22.2 Å². The lowest BCUT2D eigenvalue weighted by molar-refractivity contribution is -0.118. The number of nitrogens with zero attached hydrogens (tertiary/aromatic N) is 1. The summed E-state index contributed by atoms with van der Waals surface area (Å²) in [6, 6.07) is 4.68. The van der Waals surface area contributed by atoms with Gasteiger partial charge in [0.25, 0.3) is 5.91 Å². The number of nitrogens with one attached hydrogen (secondary N) is 2. The summed E-state index contributed by atoms with van der Waals surface area (Å²) in [4.78, 5) is 25.1. The highest BCUT2D eigenvalue weighted by molar-refractivity contribution is 7.98. The number of carbonyl (C=O) groups is 2. The van der Waals surface area contributed by atoms with Crippen molar-refractivity contribution in [3.8, 4) is 0 Å². The first-order valence-electron chi connectivity index (χ1n) is 6.64. The topological polar surface area (TPSA) is 61.4 Å². The van der Waals surface area contributed by atoms with Crippen molar-refractivity contribution in [2.24, 2.45) is 0 Å². The molecular formula is C14H16ClN3O2S2. The summed E-state index contributed by atoms with van der Waals surface area (Å²) in [6.07, 6.45) is 2.71. The van der Waals surface area contributed by atoms with Gasteiger partial charge in [0.05, 0.1) is 16.4 Å². The van der Waals surface area contributed by atoms with Crippen molar-refractivity contribution in [3.05, 3.63) is 23.2 Å². The lowest BCUT2D eigenvalue weighted by atomic mass is 10.2. The van der Waals surface area contributed by atoms with Gasteiger partial charge in [-0.3, -0.25) is 14.5 Å². The third-order valence-corrected chi connectivity index (χ3v) is 4.42. The van der Waals surface area contributed by atoms with Gasteiger partial charge in [0.2, 0.25) is 5.91 Å². The lowest BCUT2D eigenvalue weighted by Crippen LogP contribution is -2.31. The van der Waals surface area contributed by atoms with Gasteiger partial charge in [-0.15, -0.1) is 0 Å². The maximum absolute atomic E-state index is 12.5. The molecule has 1 aromatic rings. The Balaban J connectivity index is 2.25. The third-order valence-electron chi connectivity index (χ3n) is 3.15. The van der Waals surface area contributed by atoms with Crippen LogP contribution < -0.4 is 15.5 Å². The van der Waals surface area contributed by atoms with Gasteiger partial charge >= 0.3 is 0 Å². The number of amides is 2. The average molecular weight is 358 g/mol. The monoisotopic (exact) mass is 357 g/mol. The molecule has 1 aromatic carbocycles. The Bertz CT molecular complexity index is 624. The molecule has 1 aliphatic heterocycles. The molecular weight excluding hydrogens is 342 g/mol. The molecule has 1 atom stereocenters. The minimum atomic E-state index is -0.306. The van der Waals surface area contributed by atoms with Gasteiger partial charge in [0.15, 0.2) is 5.11 Å². The molecule has 22 heavy (non-hydrogen) atoms. The van der Waals surface area contributed by atoms with Crippen LogP contribution >= 0.6 is 35.6 Å². The Morgan fingerprint density at radius 1 is 1.55 bits per heavy atom. The second-order valence-corrected chi connectivity index (χ2v) is 6.58. The van der Waals surface area contributed by atoms with Gasteiger partial charge in [-0.1, -0.05) is 11.6 Å². The summed E-state index contributed by atoms with van der Waals surface area (Å²) >= 11 is 13.0. The van der Waals surface area contributed by atoms with E-state index in [1.54, 1.807) is 30.0 Å². The summed E-state index contributed by atoms with van der Waals surface area (Å²) in [7, 11) is 0. The maximum atomic E-state index is 12.5. The van der Waals surface area contributed by atoms with Crippen molar-refractivity contribution >= 4 is 63.9 Å². The SMILES string of the molecule is CSCC[C@H]1NC(=S)N(c2ccc(Cl)c(NC(C)=O)c2)C1=O. The zero-order chi connectivity index (χ0) is 16.3. The first-order valence-corrected chi connectivity index (χ1v) is 8.82. The number of thiocarbonyl (C=S) groups is 1. The largest absolute Gasteiger partial charge is 0.350 e. The molecule has 0 aliphatic carbocycles. The highest BCUT2D eigenvalue weighted by atomic mass is 35.5. The molecule has 0 aromatic heterocycles. The van der Waals surface area contributed by atoms with E-state index in [9.17, 15) is 9.59 Å². The van der Waals surface area contributed by atoms with E-state index in [-0.39, 0.29) is 17.9 Å². The van der Waals surface area contributed by atoms with Crippen molar-refractivity contribution in [1.29, 1.82) is 0 Å². The van der Waals surface area contributed by atoms with Crippen LogP contribution in [-0.4, -0.2) is 35.0 Å². The van der Waals surface area contributed by atoms with E-state index in [1.165, 1.54) is 11.8 Å². The highest BCUT2D eigenvalue weighted by Crippen LogP contribution is 2.29. The molecule has 0 bridgehead atoms. The van der Waals surface area contributed by atoms with Gasteiger partial charge in [-0.25, -0.2) is 0 Å². The van der Waals surface area contributed by atoms with Crippen molar-refractivity contribution < 1.29 is 9.59 Å². The molecule has 118 valence electrons. The molecule has 2 N–H and O–H groups in total. The van der Waals surface area contributed by atoms with Gasteiger partial charge in [0, 0.05) is 6.92 Å². The molecule has 1 saturated heterocycles. The summed E-state index contributed by atoms with van der Waals surface area (Å²) < 4.78 is 0. The van der Waals surface area contributed by atoms with Gasteiger partial charge in [0.1, 0.15) is 6.04 Å². The molecule has 2 rings (SSSR count). The molecule has 8 heteroatoms. The van der Waals surface area contributed by atoms with Crippen LogP contribution in [0.25, 0.3) is 0 Å².